The van der Waals surface area contributed by atoms with Gasteiger partial charge in [-0.05, 0) is 13.0 Å². The summed E-state index contributed by atoms with van der Waals surface area (Å²) in [5, 5.41) is 0. The van der Waals surface area contributed by atoms with Gasteiger partial charge >= 0.3 is 0 Å². The highest BCUT2D eigenvalue weighted by atomic mass is 14.6. The van der Waals surface area contributed by atoms with Gasteiger partial charge in [-0.25, -0.2) is 0 Å². The Hall–Kier alpha value is -1.11. The van der Waals surface area contributed by atoms with Crippen molar-refractivity contribution < 1.29 is 0 Å². The minimum absolute atomic E-state index is 1.10. The van der Waals surface area contributed by atoms with Crippen molar-refractivity contribution in [2.45, 2.75) is 6.92 Å². The SMILES string of the molecule is C=CN=C/C=C(/C)C=C. The summed E-state index contributed by atoms with van der Waals surface area (Å²) < 4.78 is 0. The molecule has 0 aliphatic carbocycles. The molecule has 0 aromatic rings. The second-order valence-corrected chi connectivity index (χ2v) is 1.60. The number of rotatable bonds is 3. The number of aliphatic imine (C=N–C) groups is 1. The van der Waals surface area contributed by atoms with Crippen molar-refractivity contribution in [3.63, 3.8) is 0 Å². The highest BCUT2D eigenvalue weighted by Gasteiger charge is 1.71. The molecule has 1 heteroatoms. The van der Waals surface area contributed by atoms with Crippen molar-refractivity contribution >= 4 is 6.21 Å². The van der Waals surface area contributed by atoms with Crippen LogP contribution in [0.15, 0.2) is 42.1 Å². The second-order valence-electron chi connectivity index (χ2n) is 1.60. The van der Waals surface area contributed by atoms with Crippen LogP contribution in [0.4, 0.5) is 0 Å². The zero-order valence-corrected chi connectivity index (χ0v) is 5.67. The van der Waals surface area contributed by atoms with Gasteiger partial charge in [0.1, 0.15) is 0 Å². The first kappa shape index (κ1) is 7.89. The van der Waals surface area contributed by atoms with Crippen LogP contribution < -0.4 is 0 Å². The molecule has 0 fully saturated rings. The van der Waals surface area contributed by atoms with E-state index >= 15 is 0 Å². The van der Waals surface area contributed by atoms with Gasteiger partial charge in [-0.3, -0.25) is 4.99 Å². The van der Waals surface area contributed by atoms with Crippen LogP contribution in [0.3, 0.4) is 0 Å². The summed E-state index contributed by atoms with van der Waals surface area (Å²) in [5.74, 6) is 0. The molecule has 0 atom stereocenters. The number of allylic oxidation sites excluding steroid dienone is 3. The predicted octanol–water partition coefficient (Wildman–Crippen LogP) is 2.33. The first-order chi connectivity index (χ1) is 4.31. The summed E-state index contributed by atoms with van der Waals surface area (Å²) in [4.78, 5) is 3.77. The third-order valence-corrected chi connectivity index (χ3v) is 0.851. The molecule has 9 heavy (non-hydrogen) atoms. The molecule has 48 valence electrons. The van der Waals surface area contributed by atoms with Gasteiger partial charge < -0.3 is 0 Å². The summed E-state index contributed by atoms with van der Waals surface area (Å²) in [5.41, 5.74) is 1.10. The van der Waals surface area contributed by atoms with Crippen molar-refractivity contribution in [2.75, 3.05) is 0 Å². The fraction of sp³-hybridized carbons (Fsp3) is 0.125. The van der Waals surface area contributed by atoms with Crippen molar-refractivity contribution in [2.24, 2.45) is 4.99 Å². The molecule has 0 aromatic heterocycles. The lowest BCUT2D eigenvalue weighted by Crippen LogP contribution is -1.67. The van der Waals surface area contributed by atoms with Crippen LogP contribution in [0.2, 0.25) is 0 Å². The highest BCUT2D eigenvalue weighted by molar-refractivity contribution is 5.73. The van der Waals surface area contributed by atoms with Gasteiger partial charge in [0, 0.05) is 12.4 Å². The molecule has 0 unspecified atom stereocenters. The van der Waals surface area contributed by atoms with Crippen LogP contribution in [0.1, 0.15) is 6.92 Å². The molecular formula is C8H11N. The van der Waals surface area contributed by atoms with Gasteiger partial charge in [0.2, 0.25) is 0 Å². The minimum atomic E-state index is 1.10. The van der Waals surface area contributed by atoms with Crippen LogP contribution in [-0.4, -0.2) is 6.21 Å². The molecule has 0 saturated carbocycles. The van der Waals surface area contributed by atoms with Crippen LogP contribution in [0, 0.1) is 0 Å². The average molecular weight is 121 g/mol. The Morgan fingerprint density at radius 1 is 1.44 bits per heavy atom. The summed E-state index contributed by atoms with van der Waals surface area (Å²) in [6, 6.07) is 0. The van der Waals surface area contributed by atoms with E-state index in [0.29, 0.717) is 0 Å². The number of hydrogen-bond donors (Lipinski definition) is 0. The monoisotopic (exact) mass is 121 g/mol. The van der Waals surface area contributed by atoms with E-state index < -0.39 is 0 Å². The van der Waals surface area contributed by atoms with Gasteiger partial charge in [0.25, 0.3) is 0 Å². The maximum atomic E-state index is 3.77. The molecule has 0 saturated heterocycles. The highest BCUT2D eigenvalue weighted by Crippen LogP contribution is 1.88. The van der Waals surface area contributed by atoms with Crippen molar-refractivity contribution in [1.82, 2.24) is 0 Å². The van der Waals surface area contributed by atoms with E-state index in [2.05, 4.69) is 18.2 Å². The minimum Gasteiger partial charge on any atom is -0.265 e. The van der Waals surface area contributed by atoms with Crippen molar-refractivity contribution in [3.05, 3.63) is 37.1 Å². The molecule has 0 radical (unpaired) electrons. The zero-order chi connectivity index (χ0) is 7.11. The Morgan fingerprint density at radius 3 is 2.56 bits per heavy atom. The largest absolute Gasteiger partial charge is 0.265 e. The smallest absolute Gasteiger partial charge is 0.0270 e. The normalized spacial score (nSPS) is 11.9. The maximum absolute atomic E-state index is 3.77. The summed E-state index contributed by atoms with van der Waals surface area (Å²) in [7, 11) is 0. The molecule has 0 heterocycles. The van der Waals surface area contributed by atoms with Crippen LogP contribution in [0.5, 0.6) is 0 Å². The topological polar surface area (TPSA) is 12.4 Å². The summed E-state index contributed by atoms with van der Waals surface area (Å²) in [6.07, 6.45) is 6.82. The average Bonchev–Trinajstić information content (AvgIpc) is 1.89. The molecule has 0 rings (SSSR count). The number of hydrogen-bond acceptors (Lipinski definition) is 1. The Kier molecular flexibility index (Phi) is 4.41. The molecule has 0 aliphatic heterocycles. The van der Waals surface area contributed by atoms with Crippen molar-refractivity contribution in [3.8, 4) is 0 Å². The van der Waals surface area contributed by atoms with Crippen LogP contribution in [-0.2, 0) is 0 Å². The zero-order valence-electron chi connectivity index (χ0n) is 5.67. The third kappa shape index (κ3) is 4.75. The molecule has 0 N–H and O–H groups in total. The molecule has 0 aromatic carbocycles. The quantitative estimate of drug-likeness (QED) is 0.401. The van der Waals surface area contributed by atoms with E-state index in [-0.39, 0.29) is 0 Å². The molecule has 0 bridgehead atoms. The molecule has 0 spiro atoms. The summed E-state index contributed by atoms with van der Waals surface area (Å²) in [6.45, 7) is 8.97. The number of nitrogens with zero attached hydrogens (tertiary/aromatic N) is 1. The van der Waals surface area contributed by atoms with Gasteiger partial charge in [0.05, 0.1) is 0 Å². The van der Waals surface area contributed by atoms with E-state index in [9.17, 15) is 0 Å². The maximum Gasteiger partial charge on any atom is 0.0270 e. The lowest BCUT2D eigenvalue weighted by Gasteiger charge is -1.81. The Bertz CT molecular complexity index is 152. The van der Waals surface area contributed by atoms with E-state index in [1.807, 2.05) is 13.0 Å². The van der Waals surface area contributed by atoms with Gasteiger partial charge in [-0.1, -0.05) is 24.8 Å². The third-order valence-electron chi connectivity index (χ3n) is 0.851. The molecular weight excluding hydrogens is 110 g/mol. The molecule has 0 aliphatic rings. The Balaban J connectivity index is 3.81. The predicted molar refractivity (Wildman–Crippen MR) is 42.6 cm³/mol. The fourth-order valence-corrected chi connectivity index (χ4v) is 0.290. The molecule has 0 amide bonds. The second kappa shape index (κ2) is 5.04. The molecule has 1 nitrogen and oxygen atoms in total. The lowest BCUT2D eigenvalue weighted by atomic mass is 10.3. The van der Waals surface area contributed by atoms with Crippen molar-refractivity contribution in [1.29, 1.82) is 0 Å². The van der Waals surface area contributed by atoms with Crippen LogP contribution in [0.25, 0.3) is 0 Å². The van der Waals surface area contributed by atoms with Gasteiger partial charge in [0.15, 0.2) is 0 Å². The van der Waals surface area contributed by atoms with Gasteiger partial charge in [-0.2, -0.15) is 0 Å². The van der Waals surface area contributed by atoms with Gasteiger partial charge in [-0.15, -0.1) is 0 Å². The Labute approximate surface area is 56.1 Å². The first-order valence-electron chi connectivity index (χ1n) is 2.74. The lowest BCUT2D eigenvalue weighted by molar-refractivity contribution is 1.54. The van der Waals surface area contributed by atoms with E-state index in [4.69, 9.17) is 0 Å². The van der Waals surface area contributed by atoms with E-state index in [1.54, 1.807) is 12.3 Å². The standard InChI is InChI=1S/C8H11N/c1-4-8(3)6-7-9-5-2/h4-7H,1-2H2,3H3/b8-6-,9-7?. The first-order valence-corrected chi connectivity index (χ1v) is 2.74. The van der Waals surface area contributed by atoms with E-state index in [1.165, 1.54) is 6.20 Å². The Morgan fingerprint density at radius 2 is 2.11 bits per heavy atom. The van der Waals surface area contributed by atoms with E-state index in [0.717, 1.165) is 5.57 Å². The van der Waals surface area contributed by atoms with Crippen LogP contribution >= 0.6 is 0 Å². The summed E-state index contributed by atoms with van der Waals surface area (Å²) >= 11 is 0. The fourth-order valence-electron chi connectivity index (χ4n) is 0.290.